The summed E-state index contributed by atoms with van der Waals surface area (Å²) in [6.07, 6.45) is -1.22. The van der Waals surface area contributed by atoms with Crippen LogP contribution in [0.5, 0.6) is 5.75 Å². The standard InChI is InChI=1S/C14H20N2O4/c1-9-4-3-5-10(2)13(9)20-7-6-12(18)16-8-11(17)14(15)19/h3-5,11,17H,6-8H2,1-2H3,(H2,15,19)(H,16,18). The number of hydrogen-bond acceptors (Lipinski definition) is 4. The number of hydrogen-bond donors (Lipinski definition) is 3. The number of benzene rings is 1. The van der Waals surface area contributed by atoms with Gasteiger partial charge in [0.25, 0.3) is 0 Å². The van der Waals surface area contributed by atoms with E-state index in [2.05, 4.69) is 5.32 Å². The first-order chi connectivity index (χ1) is 9.41. The topological polar surface area (TPSA) is 102 Å². The van der Waals surface area contributed by atoms with Gasteiger partial charge in [0.15, 0.2) is 0 Å². The van der Waals surface area contributed by atoms with Crippen LogP contribution in [-0.2, 0) is 9.59 Å². The molecule has 0 aromatic heterocycles. The van der Waals surface area contributed by atoms with E-state index in [-0.39, 0.29) is 25.5 Å². The summed E-state index contributed by atoms with van der Waals surface area (Å²) in [5, 5.41) is 11.5. The molecule has 1 unspecified atom stereocenters. The fourth-order valence-corrected chi connectivity index (χ4v) is 1.67. The summed E-state index contributed by atoms with van der Waals surface area (Å²) in [4.78, 5) is 22.1. The van der Waals surface area contributed by atoms with E-state index in [0.29, 0.717) is 0 Å². The van der Waals surface area contributed by atoms with E-state index in [9.17, 15) is 9.59 Å². The van der Waals surface area contributed by atoms with Crippen molar-refractivity contribution in [2.24, 2.45) is 5.73 Å². The van der Waals surface area contributed by atoms with Crippen LogP contribution in [0.1, 0.15) is 17.5 Å². The highest BCUT2D eigenvalue weighted by Gasteiger charge is 2.12. The Bertz CT molecular complexity index is 468. The molecule has 0 aliphatic rings. The van der Waals surface area contributed by atoms with Gasteiger partial charge in [-0.3, -0.25) is 9.59 Å². The predicted molar refractivity (Wildman–Crippen MR) is 74.2 cm³/mol. The highest BCUT2D eigenvalue weighted by Crippen LogP contribution is 2.22. The van der Waals surface area contributed by atoms with Crippen molar-refractivity contribution < 1.29 is 19.4 Å². The largest absolute Gasteiger partial charge is 0.493 e. The van der Waals surface area contributed by atoms with Crippen LogP contribution in [-0.4, -0.2) is 36.2 Å². The number of primary amides is 1. The van der Waals surface area contributed by atoms with Crippen molar-refractivity contribution in [2.75, 3.05) is 13.2 Å². The van der Waals surface area contributed by atoms with Crippen LogP contribution in [0.4, 0.5) is 0 Å². The van der Waals surface area contributed by atoms with Gasteiger partial charge in [-0.05, 0) is 25.0 Å². The Kier molecular flexibility index (Phi) is 5.99. The number of aliphatic hydroxyl groups excluding tert-OH is 1. The summed E-state index contributed by atoms with van der Waals surface area (Å²) in [6.45, 7) is 3.92. The van der Waals surface area contributed by atoms with Gasteiger partial charge in [-0.2, -0.15) is 0 Å². The van der Waals surface area contributed by atoms with Crippen molar-refractivity contribution in [3.8, 4) is 5.75 Å². The molecule has 0 saturated heterocycles. The molecule has 4 N–H and O–H groups in total. The number of nitrogens with one attached hydrogen (secondary N) is 1. The maximum Gasteiger partial charge on any atom is 0.248 e. The quantitative estimate of drug-likeness (QED) is 0.656. The van der Waals surface area contributed by atoms with Gasteiger partial charge in [-0.1, -0.05) is 18.2 Å². The van der Waals surface area contributed by atoms with Gasteiger partial charge in [0, 0.05) is 0 Å². The van der Waals surface area contributed by atoms with Gasteiger partial charge in [0.1, 0.15) is 11.9 Å². The molecule has 0 heterocycles. The lowest BCUT2D eigenvalue weighted by molar-refractivity contribution is -0.127. The summed E-state index contributed by atoms with van der Waals surface area (Å²) >= 11 is 0. The summed E-state index contributed by atoms with van der Waals surface area (Å²) < 4.78 is 5.58. The van der Waals surface area contributed by atoms with Gasteiger partial charge in [-0.25, -0.2) is 0 Å². The molecule has 6 heteroatoms. The van der Waals surface area contributed by atoms with Crippen molar-refractivity contribution in [1.29, 1.82) is 0 Å². The van der Waals surface area contributed by atoms with E-state index in [0.717, 1.165) is 16.9 Å². The number of aliphatic hydroxyl groups is 1. The molecule has 1 rings (SSSR count). The first-order valence-electron chi connectivity index (χ1n) is 6.35. The highest BCUT2D eigenvalue weighted by atomic mass is 16.5. The van der Waals surface area contributed by atoms with E-state index in [1.165, 1.54) is 0 Å². The lowest BCUT2D eigenvalue weighted by atomic mass is 10.1. The molecule has 2 amide bonds. The van der Waals surface area contributed by atoms with Crippen molar-refractivity contribution in [3.05, 3.63) is 29.3 Å². The van der Waals surface area contributed by atoms with Gasteiger partial charge < -0.3 is 20.9 Å². The SMILES string of the molecule is Cc1cccc(C)c1OCCC(=O)NCC(O)C(N)=O. The number of para-hydroxylation sites is 1. The average molecular weight is 280 g/mol. The number of carbonyl (C=O) groups is 2. The van der Waals surface area contributed by atoms with Crippen molar-refractivity contribution >= 4 is 11.8 Å². The Morgan fingerprint density at radius 1 is 1.35 bits per heavy atom. The highest BCUT2D eigenvalue weighted by molar-refractivity contribution is 5.80. The second kappa shape index (κ2) is 7.49. The minimum Gasteiger partial charge on any atom is -0.493 e. The second-order valence-corrected chi connectivity index (χ2v) is 4.54. The fourth-order valence-electron chi connectivity index (χ4n) is 1.67. The smallest absolute Gasteiger partial charge is 0.248 e. The van der Waals surface area contributed by atoms with Crippen LogP contribution in [0.25, 0.3) is 0 Å². The zero-order chi connectivity index (χ0) is 15.1. The number of amides is 2. The van der Waals surface area contributed by atoms with E-state index in [1.807, 2.05) is 32.0 Å². The maximum atomic E-state index is 11.5. The molecule has 1 aromatic rings. The molecule has 0 fully saturated rings. The van der Waals surface area contributed by atoms with Crippen LogP contribution in [0.15, 0.2) is 18.2 Å². The molecule has 0 bridgehead atoms. The van der Waals surface area contributed by atoms with Crippen molar-refractivity contribution in [2.45, 2.75) is 26.4 Å². The Morgan fingerprint density at radius 3 is 2.50 bits per heavy atom. The number of ether oxygens (including phenoxy) is 1. The number of aryl methyl sites for hydroxylation is 2. The molecule has 0 aliphatic carbocycles. The number of carbonyl (C=O) groups excluding carboxylic acids is 2. The zero-order valence-electron chi connectivity index (χ0n) is 11.7. The normalized spacial score (nSPS) is 11.8. The Labute approximate surface area is 117 Å². The number of nitrogens with two attached hydrogens (primary N) is 1. The molecular weight excluding hydrogens is 260 g/mol. The Balaban J connectivity index is 2.34. The second-order valence-electron chi connectivity index (χ2n) is 4.54. The van der Waals surface area contributed by atoms with E-state index >= 15 is 0 Å². The van der Waals surface area contributed by atoms with Crippen LogP contribution in [0.3, 0.4) is 0 Å². The average Bonchev–Trinajstić information content (AvgIpc) is 2.39. The maximum absolute atomic E-state index is 11.5. The first-order valence-corrected chi connectivity index (χ1v) is 6.35. The van der Waals surface area contributed by atoms with Gasteiger partial charge >= 0.3 is 0 Å². The van der Waals surface area contributed by atoms with Crippen molar-refractivity contribution in [1.82, 2.24) is 5.32 Å². The lowest BCUT2D eigenvalue weighted by Gasteiger charge is -2.12. The summed E-state index contributed by atoms with van der Waals surface area (Å²) in [5.41, 5.74) is 6.88. The van der Waals surface area contributed by atoms with Crippen LogP contribution in [0, 0.1) is 13.8 Å². The molecule has 0 saturated carbocycles. The minimum atomic E-state index is -1.36. The summed E-state index contributed by atoms with van der Waals surface area (Å²) in [7, 11) is 0. The molecule has 0 aliphatic heterocycles. The molecule has 0 radical (unpaired) electrons. The molecule has 1 atom stereocenters. The monoisotopic (exact) mass is 280 g/mol. The molecule has 110 valence electrons. The van der Waals surface area contributed by atoms with Gasteiger partial charge in [0.05, 0.1) is 19.6 Å². The van der Waals surface area contributed by atoms with E-state index in [1.54, 1.807) is 0 Å². The first kappa shape index (κ1) is 16.0. The lowest BCUT2D eigenvalue weighted by Crippen LogP contribution is -2.40. The molecule has 1 aromatic carbocycles. The van der Waals surface area contributed by atoms with E-state index < -0.39 is 12.0 Å². The molecule has 20 heavy (non-hydrogen) atoms. The summed E-state index contributed by atoms with van der Waals surface area (Å²) in [5.74, 6) is -0.397. The Hall–Kier alpha value is -2.08. The van der Waals surface area contributed by atoms with Crippen LogP contribution in [0.2, 0.25) is 0 Å². The third kappa shape index (κ3) is 4.89. The van der Waals surface area contributed by atoms with E-state index in [4.69, 9.17) is 15.6 Å². The van der Waals surface area contributed by atoms with Gasteiger partial charge in [0.2, 0.25) is 11.8 Å². The third-order valence-corrected chi connectivity index (χ3v) is 2.81. The molecule has 6 nitrogen and oxygen atoms in total. The number of rotatable bonds is 7. The molecular formula is C14H20N2O4. The fraction of sp³-hybridized carbons (Fsp3) is 0.429. The Morgan fingerprint density at radius 2 is 1.95 bits per heavy atom. The van der Waals surface area contributed by atoms with Gasteiger partial charge in [-0.15, -0.1) is 0 Å². The summed E-state index contributed by atoms with van der Waals surface area (Å²) in [6, 6.07) is 5.81. The van der Waals surface area contributed by atoms with Crippen LogP contribution >= 0.6 is 0 Å². The minimum absolute atomic E-state index is 0.138. The predicted octanol–water partition coefficient (Wildman–Crippen LogP) is 0.0347. The van der Waals surface area contributed by atoms with Crippen LogP contribution < -0.4 is 15.8 Å². The zero-order valence-corrected chi connectivity index (χ0v) is 11.7. The molecule has 0 spiro atoms. The third-order valence-electron chi connectivity index (χ3n) is 2.81. The van der Waals surface area contributed by atoms with Crippen molar-refractivity contribution in [3.63, 3.8) is 0 Å².